The summed E-state index contributed by atoms with van der Waals surface area (Å²) in [5.74, 6) is 0.111. The molecular formula is C22H14ClNO3S. The van der Waals surface area contributed by atoms with E-state index in [4.69, 9.17) is 16.3 Å². The lowest BCUT2D eigenvalue weighted by Crippen LogP contribution is -2.07. The van der Waals surface area contributed by atoms with Crippen molar-refractivity contribution in [3.63, 3.8) is 0 Å². The third-order valence-electron chi connectivity index (χ3n) is 4.00. The normalized spacial score (nSPS) is 11.2. The molecule has 3 aromatic carbocycles. The summed E-state index contributed by atoms with van der Waals surface area (Å²) in [4.78, 5) is 17.3. The average molecular weight is 408 g/mol. The van der Waals surface area contributed by atoms with Crippen LogP contribution >= 0.6 is 22.9 Å². The highest BCUT2D eigenvalue weighted by Crippen LogP contribution is 2.35. The van der Waals surface area contributed by atoms with E-state index in [2.05, 4.69) is 4.99 Å². The number of hydrogen-bond acceptors (Lipinski definition) is 5. The van der Waals surface area contributed by atoms with Crippen molar-refractivity contribution in [3.8, 4) is 11.5 Å². The maximum Gasteiger partial charge on any atom is 0.355 e. The minimum atomic E-state index is -0.487. The maximum atomic E-state index is 12.6. The molecule has 0 aliphatic rings. The van der Waals surface area contributed by atoms with Crippen molar-refractivity contribution in [2.24, 2.45) is 4.99 Å². The fraction of sp³-hybridized carbons (Fsp3) is 0. The highest BCUT2D eigenvalue weighted by molar-refractivity contribution is 7.21. The molecule has 1 aromatic heterocycles. The van der Waals surface area contributed by atoms with Crippen LogP contribution in [0.1, 0.15) is 15.2 Å². The van der Waals surface area contributed by atoms with Gasteiger partial charge in [-0.2, -0.15) is 0 Å². The molecule has 4 aromatic rings. The van der Waals surface area contributed by atoms with E-state index in [9.17, 15) is 9.90 Å². The number of halogens is 1. The Balaban J connectivity index is 1.53. The molecule has 4 nitrogen and oxygen atoms in total. The molecule has 28 heavy (non-hydrogen) atoms. The molecule has 4 rings (SSSR count). The number of hydrogen-bond donors (Lipinski definition) is 1. The Morgan fingerprint density at radius 2 is 1.82 bits per heavy atom. The van der Waals surface area contributed by atoms with E-state index >= 15 is 0 Å². The average Bonchev–Trinajstić information content (AvgIpc) is 3.05. The van der Waals surface area contributed by atoms with Gasteiger partial charge in [-0.3, -0.25) is 4.99 Å². The second-order valence-electron chi connectivity index (χ2n) is 5.98. The van der Waals surface area contributed by atoms with Crippen LogP contribution in [0.4, 0.5) is 5.69 Å². The Morgan fingerprint density at radius 3 is 2.61 bits per heavy atom. The molecule has 138 valence electrons. The van der Waals surface area contributed by atoms with Gasteiger partial charge in [0.15, 0.2) is 0 Å². The van der Waals surface area contributed by atoms with Crippen LogP contribution in [0.25, 0.3) is 10.1 Å². The smallest absolute Gasteiger partial charge is 0.355 e. The van der Waals surface area contributed by atoms with E-state index in [1.807, 2.05) is 30.3 Å². The van der Waals surface area contributed by atoms with Gasteiger partial charge in [-0.25, -0.2) is 4.79 Å². The van der Waals surface area contributed by atoms with Crippen LogP contribution in [-0.4, -0.2) is 17.3 Å². The molecule has 0 amide bonds. The zero-order valence-electron chi connectivity index (χ0n) is 14.5. The van der Waals surface area contributed by atoms with Gasteiger partial charge in [0.25, 0.3) is 0 Å². The van der Waals surface area contributed by atoms with Crippen LogP contribution in [-0.2, 0) is 0 Å². The first kappa shape index (κ1) is 18.2. The maximum absolute atomic E-state index is 12.6. The van der Waals surface area contributed by atoms with E-state index < -0.39 is 5.97 Å². The van der Waals surface area contributed by atoms with Crippen LogP contribution in [0.2, 0.25) is 5.02 Å². The van der Waals surface area contributed by atoms with Gasteiger partial charge in [-0.05, 0) is 48.0 Å². The second-order valence-corrected chi connectivity index (χ2v) is 7.41. The number of esters is 1. The van der Waals surface area contributed by atoms with Gasteiger partial charge in [-0.15, -0.1) is 11.3 Å². The molecule has 1 heterocycles. The second kappa shape index (κ2) is 7.84. The molecule has 0 bridgehead atoms. The van der Waals surface area contributed by atoms with E-state index in [0.717, 1.165) is 15.6 Å². The minimum absolute atomic E-state index is 0.188. The Kier molecular flexibility index (Phi) is 5.10. The van der Waals surface area contributed by atoms with Crippen LogP contribution in [0.3, 0.4) is 0 Å². The number of ether oxygens (including phenoxy) is 1. The number of phenols is 1. The number of phenolic OH excluding ortho intramolecular Hbond substituents is 1. The number of carbonyl (C=O) groups excluding carboxylic acids is 1. The predicted molar refractivity (Wildman–Crippen MR) is 114 cm³/mol. The lowest BCUT2D eigenvalue weighted by atomic mass is 10.2. The van der Waals surface area contributed by atoms with Crippen molar-refractivity contribution in [1.82, 2.24) is 0 Å². The standard InChI is InChI=1S/C22H14ClNO3S/c23-20-18-6-1-2-7-19(18)28-21(20)22(26)27-17-5-3-4-14(12-17)13-24-15-8-10-16(25)11-9-15/h1-13,25H. The summed E-state index contributed by atoms with van der Waals surface area (Å²) in [6.07, 6.45) is 1.66. The first-order valence-electron chi connectivity index (χ1n) is 8.42. The van der Waals surface area contributed by atoms with Crippen molar-refractivity contribution < 1.29 is 14.6 Å². The zero-order valence-corrected chi connectivity index (χ0v) is 16.1. The fourth-order valence-electron chi connectivity index (χ4n) is 2.64. The number of rotatable bonds is 4. The van der Waals surface area contributed by atoms with E-state index in [-0.39, 0.29) is 5.75 Å². The van der Waals surface area contributed by atoms with E-state index in [1.165, 1.54) is 11.3 Å². The fourth-order valence-corrected chi connectivity index (χ4v) is 4.03. The van der Waals surface area contributed by atoms with Gasteiger partial charge in [-0.1, -0.05) is 41.9 Å². The van der Waals surface area contributed by atoms with Crippen molar-refractivity contribution in [3.05, 3.63) is 88.3 Å². The number of fused-ring (bicyclic) bond motifs is 1. The van der Waals surface area contributed by atoms with Gasteiger partial charge in [0.05, 0.1) is 10.7 Å². The van der Waals surface area contributed by atoms with Gasteiger partial charge < -0.3 is 9.84 Å². The number of aromatic hydroxyl groups is 1. The Bertz CT molecular complexity index is 1180. The molecule has 0 spiro atoms. The van der Waals surface area contributed by atoms with Gasteiger partial charge in [0.2, 0.25) is 0 Å². The van der Waals surface area contributed by atoms with Crippen molar-refractivity contribution in [2.75, 3.05) is 0 Å². The molecule has 0 saturated heterocycles. The molecule has 0 atom stereocenters. The summed E-state index contributed by atoms with van der Waals surface area (Å²) in [5, 5.41) is 10.6. The summed E-state index contributed by atoms with van der Waals surface area (Å²) < 4.78 is 6.45. The highest BCUT2D eigenvalue weighted by Gasteiger charge is 2.18. The highest BCUT2D eigenvalue weighted by atomic mass is 35.5. The molecular weight excluding hydrogens is 394 g/mol. The van der Waals surface area contributed by atoms with Crippen LogP contribution < -0.4 is 4.74 Å². The first-order valence-corrected chi connectivity index (χ1v) is 9.62. The third-order valence-corrected chi connectivity index (χ3v) is 5.66. The topological polar surface area (TPSA) is 58.9 Å². The SMILES string of the molecule is O=C(Oc1cccc(C=Nc2ccc(O)cc2)c1)c1sc2ccccc2c1Cl. The molecule has 1 N–H and O–H groups in total. The monoisotopic (exact) mass is 407 g/mol. The minimum Gasteiger partial charge on any atom is -0.508 e. The lowest BCUT2D eigenvalue weighted by molar-refractivity contribution is 0.0740. The number of carbonyl (C=O) groups is 1. The molecule has 0 unspecified atom stereocenters. The van der Waals surface area contributed by atoms with Crippen LogP contribution in [0.15, 0.2) is 77.8 Å². The molecule has 0 saturated carbocycles. The van der Waals surface area contributed by atoms with Crippen molar-refractivity contribution >= 4 is 50.9 Å². The summed E-state index contributed by atoms with van der Waals surface area (Å²) in [5.41, 5.74) is 1.48. The summed E-state index contributed by atoms with van der Waals surface area (Å²) in [6, 6.07) is 21.2. The molecule has 0 aliphatic heterocycles. The van der Waals surface area contributed by atoms with Gasteiger partial charge in [0.1, 0.15) is 16.4 Å². The zero-order chi connectivity index (χ0) is 19.5. The summed E-state index contributed by atoms with van der Waals surface area (Å²) in [6.45, 7) is 0. The number of benzene rings is 3. The van der Waals surface area contributed by atoms with Crippen LogP contribution in [0, 0.1) is 0 Å². The number of thiophene rings is 1. The van der Waals surface area contributed by atoms with Gasteiger partial charge in [0, 0.05) is 16.3 Å². The first-order chi connectivity index (χ1) is 13.6. The van der Waals surface area contributed by atoms with Crippen molar-refractivity contribution in [1.29, 1.82) is 0 Å². The Hall–Kier alpha value is -3.15. The Labute approximate surface area is 170 Å². The third kappa shape index (κ3) is 3.91. The summed E-state index contributed by atoms with van der Waals surface area (Å²) in [7, 11) is 0. The number of nitrogens with zero attached hydrogens (tertiary/aromatic N) is 1. The number of aliphatic imine (C=N–C) groups is 1. The summed E-state index contributed by atoms with van der Waals surface area (Å²) >= 11 is 7.66. The van der Waals surface area contributed by atoms with E-state index in [1.54, 1.807) is 48.7 Å². The molecule has 6 heteroatoms. The lowest BCUT2D eigenvalue weighted by Gasteiger charge is -2.04. The van der Waals surface area contributed by atoms with Crippen molar-refractivity contribution in [2.45, 2.75) is 0 Å². The molecule has 0 fully saturated rings. The molecule has 0 aliphatic carbocycles. The quantitative estimate of drug-likeness (QED) is 0.248. The van der Waals surface area contributed by atoms with Crippen LogP contribution in [0.5, 0.6) is 11.5 Å². The molecule has 0 radical (unpaired) electrons. The largest absolute Gasteiger partial charge is 0.508 e. The Morgan fingerprint density at radius 1 is 1.04 bits per heavy atom. The predicted octanol–water partition coefficient (Wildman–Crippen LogP) is 6.23. The van der Waals surface area contributed by atoms with Gasteiger partial charge >= 0.3 is 5.97 Å². The van der Waals surface area contributed by atoms with E-state index in [0.29, 0.717) is 21.3 Å².